The largest absolute Gasteiger partial charge is 0.306 e. The number of aryl methyl sites for hydroxylation is 2. The molecule has 130 valence electrons. The van der Waals surface area contributed by atoms with Crippen molar-refractivity contribution < 1.29 is 4.79 Å². The van der Waals surface area contributed by atoms with Gasteiger partial charge < -0.3 is 5.32 Å². The lowest BCUT2D eigenvalue weighted by Gasteiger charge is -2.07. The third-order valence-electron chi connectivity index (χ3n) is 3.76. The Morgan fingerprint density at radius 2 is 2.20 bits per heavy atom. The Morgan fingerprint density at radius 1 is 1.36 bits per heavy atom. The third kappa shape index (κ3) is 4.08. The van der Waals surface area contributed by atoms with Crippen molar-refractivity contribution in [2.24, 2.45) is 0 Å². The van der Waals surface area contributed by atoms with Crippen LogP contribution in [0.25, 0.3) is 10.6 Å². The first-order chi connectivity index (χ1) is 12.1. The molecular weight excluding hydrogens is 356 g/mol. The fourth-order valence-corrected chi connectivity index (χ4v) is 3.60. The van der Waals surface area contributed by atoms with E-state index in [9.17, 15) is 4.79 Å². The van der Waals surface area contributed by atoms with E-state index in [1.165, 1.54) is 11.3 Å². The Balaban J connectivity index is 1.80. The quantitative estimate of drug-likeness (QED) is 0.658. The zero-order valence-corrected chi connectivity index (χ0v) is 15.7. The van der Waals surface area contributed by atoms with Crippen LogP contribution in [0.2, 0.25) is 5.02 Å². The molecule has 0 radical (unpaired) electrons. The predicted molar refractivity (Wildman–Crippen MR) is 102 cm³/mol. The zero-order chi connectivity index (χ0) is 17.8. The van der Waals surface area contributed by atoms with Crippen molar-refractivity contribution in [3.8, 4) is 10.6 Å². The van der Waals surface area contributed by atoms with E-state index in [-0.39, 0.29) is 5.91 Å². The summed E-state index contributed by atoms with van der Waals surface area (Å²) in [6, 6.07) is 9.28. The summed E-state index contributed by atoms with van der Waals surface area (Å²) in [5.41, 5.74) is 1.62. The summed E-state index contributed by atoms with van der Waals surface area (Å²) in [6.07, 6.45) is 3.79. The number of anilines is 1. The number of rotatable bonds is 6. The number of nitrogens with zero attached hydrogens (tertiary/aromatic N) is 3. The summed E-state index contributed by atoms with van der Waals surface area (Å²) in [4.78, 5) is 17.8. The highest BCUT2D eigenvalue weighted by Gasteiger charge is 2.17. The smallest absolute Gasteiger partial charge is 0.268 e. The van der Waals surface area contributed by atoms with Gasteiger partial charge in [0.05, 0.1) is 11.9 Å². The number of aromatic nitrogens is 3. The van der Waals surface area contributed by atoms with E-state index < -0.39 is 0 Å². The standard InChI is InChI=1S/C18H19ClN4OS/c1-3-4-10-23-15(8-9-20-23)22-17(24)16-12(2)21-18(25-16)13-6-5-7-14(19)11-13/h5-9,11H,3-4,10H2,1-2H3,(H,22,24). The number of nitrogens with one attached hydrogen (secondary N) is 1. The topological polar surface area (TPSA) is 59.8 Å². The van der Waals surface area contributed by atoms with Gasteiger partial charge in [0, 0.05) is 23.2 Å². The first-order valence-corrected chi connectivity index (χ1v) is 9.34. The van der Waals surface area contributed by atoms with E-state index in [0.717, 1.165) is 30.0 Å². The molecule has 1 N–H and O–H groups in total. The van der Waals surface area contributed by atoms with E-state index in [2.05, 4.69) is 22.3 Å². The molecule has 0 aliphatic carbocycles. The fraction of sp³-hybridized carbons (Fsp3) is 0.278. The van der Waals surface area contributed by atoms with Crippen LogP contribution < -0.4 is 5.32 Å². The Hall–Kier alpha value is -2.18. The van der Waals surface area contributed by atoms with Crippen molar-refractivity contribution >= 4 is 34.7 Å². The summed E-state index contributed by atoms with van der Waals surface area (Å²) >= 11 is 7.41. The molecule has 0 aliphatic heterocycles. The maximum atomic E-state index is 12.7. The lowest BCUT2D eigenvalue weighted by atomic mass is 10.2. The average molecular weight is 375 g/mol. The van der Waals surface area contributed by atoms with E-state index in [0.29, 0.717) is 21.4 Å². The summed E-state index contributed by atoms with van der Waals surface area (Å²) in [7, 11) is 0. The number of benzene rings is 1. The number of amides is 1. The summed E-state index contributed by atoms with van der Waals surface area (Å²) in [6.45, 7) is 4.75. The number of hydrogen-bond acceptors (Lipinski definition) is 4. The molecule has 25 heavy (non-hydrogen) atoms. The summed E-state index contributed by atoms with van der Waals surface area (Å²) in [5, 5.41) is 8.63. The zero-order valence-electron chi connectivity index (χ0n) is 14.1. The number of hydrogen-bond donors (Lipinski definition) is 1. The highest BCUT2D eigenvalue weighted by Crippen LogP contribution is 2.30. The highest BCUT2D eigenvalue weighted by molar-refractivity contribution is 7.17. The van der Waals surface area contributed by atoms with Gasteiger partial charge in [-0.1, -0.05) is 37.1 Å². The Labute approximate surface area is 155 Å². The highest BCUT2D eigenvalue weighted by atomic mass is 35.5. The lowest BCUT2D eigenvalue weighted by Crippen LogP contribution is -2.15. The minimum absolute atomic E-state index is 0.165. The molecule has 0 fully saturated rings. The Morgan fingerprint density at radius 3 is 2.96 bits per heavy atom. The second-order valence-corrected chi connectivity index (χ2v) is 7.13. The molecule has 2 heterocycles. The Kier molecular flexibility index (Phi) is 5.50. The van der Waals surface area contributed by atoms with Crippen LogP contribution in [-0.2, 0) is 6.54 Å². The van der Waals surface area contributed by atoms with Crippen LogP contribution in [0.5, 0.6) is 0 Å². The molecule has 0 unspecified atom stereocenters. The molecule has 2 aromatic heterocycles. The minimum atomic E-state index is -0.165. The van der Waals surface area contributed by atoms with Gasteiger partial charge >= 0.3 is 0 Å². The Bertz CT molecular complexity index is 887. The van der Waals surface area contributed by atoms with Crippen LogP contribution in [0.4, 0.5) is 5.82 Å². The molecule has 0 spiro atoms. The first kappa shape index (κ1) is 17.6. The molecular formula is C18H19ClN4OS. The van der Waals surface area contributed by atoms with Gasteiger partial charge in [0.15, 0.2) is 0 Å². The van der Waals surface area contributed by atoms with Crippen LogP contribution in [-0.4, -0.2) is 20.7 Å². The molecule has 1 aromatic carbocycles. The van der Waals surface area contributed by atoms with Crippen molar-refractivity contribution in [2.75, 3.05) is 5.32 Å². The van der Waals surface area contributed by atoms with Crippen molar-refractivity contribution in [3.63, 3.8) is 0 Å². The fourth-order valence-electron chi connectivity index (χ4n) is 2.45. The monoisotopic (exact) mass is 374 g/mol. The molecule has 5 nitrogen and oxygen atoms in total. The van der Waals surface area contributed by atoms with Gasteiger partial charge in [-0.3, -0.25) is 4.79 Å². The van der Waals surface area contributed by atoms with Crippen molar-refractivity contribution in [1.82, 2.24) is 14.8 Å². The average Bonchev–Trinajstić information content (AvgIpc) is 3.19. The number of thiazole rings is 1. The number of carbonyl (C=O) groups excluding carboxylic acids is 1. The van der Waals surface area contributed by atoms with Gasteiger partial charge in [-0.15, -0.1) is 11.3 Å². The van der Waals surface area contributed by atoms with Crippen LogP contribution >= 0.6 is 22.9 Å². The van der Waals surface area contributed by atoms with Gasteiger partial charge in [0.25, 0.3) is 5.91 Å². The van der Waals surface area contributed by atoms with E-state index >= 15 is 0 Å². The molecule has 3 rings (SSSR count). The predicted octanol–water partition coefficient (Wildman–Crippen LogP) is 5.02. The molecule has 0 saturated heterocycles. The normalized spacial score (nSPS) is 10.8. The number of halogens is 1. The van der Waals surface area contributed by atoms with Crippen molar-refractivity contribution in [1.29, 1.82) is 0 Å². The van der Waals surface area contributed by atoms with E-state index in [1.54, 1.807) is 6.20 Å². The third-order valence-corrected chi connectivity index (χ3v) is 5.20. The van der Waals surface area contributed by atoms with Crippen molar-refractivity contribution in [2.45, 2.75) is 33.2 Å². The van der Waals surface area contributed by atoms with E-state index in [4.69, 9.17) is 11.6 Å². The molecule has 3 aromatic rings. The van der Waals surface area contributed by atoms with Crippen LogP contribution in [0, 0.1) is 6.92 Å². The maximum absolute atomic E-state index is 12.7. The second-order valence-electron chi connectivity index (χ2n) is 5.69. The molecule has 7 heteroatoms. The van der Waals surface area contributed by atoms with Crippen LogP contribution in [0.15, 0.2) is 36.5 Å². The van der Waals surface area contributed by atoms with Gasteiger partial charge in [0.1, 0.15) is 15.7 Å². The molecule has 0 atom stereocenters. The number of unbranched alkanes of at least 4 members (excludes halogenated alkanes) is 1. The molecule has 0 saturated carbocycles. The molecule has 0 aliphatic rings. The minimum Gasteiger partial charge on any atom is -0.306 e. The van der Waals surface area contributed by atoms with Gasteiger partial charge in [-0.25, -0.2) is 9.67 Å². The maximum Gasteiger partial charge on any atom is 0.268 e. The number of carbonyl (C=O) groups is 1. The molecule has 1 amide bonds. The summed E-state index contributed by atoms with van der Waals surface area (Å²) in [5.74, 6) is 0.539. The van der Waals surface area contributed by atoms with Gasteiger partial charge in [0.2, 0.25) is 0 Å². The van der Waals surface area contributed by atoms with E-state index in [1.807, 2.05) is 41.9 Å². The van der Waals surface area contributed by atoms with Crippen molar-refractivity contribution in [3.05, 3.63) is 52.1 Å². The van der Waals surface area contributed by atoms with Gasteiger partial charge in [-0.05, 0) is 25.5 Å². The second kappa shape index (κ2) is 7.80. The SMILES string of the molecule is CCCCn1nccc1NC(=O)c1sc(-c2cccc(Cl)c2)nc1C. The first-order valence-electron chi connectivity index (χ1n) is 8.15. The summed E-state index contributed by atoms with van der Waals surface area (Å²) < 4.78 is 1.82. The van der Waals surface area contributed by atoms with Crippen LogP contribution in [0.3, 0.4) is 0 Å². The molecule has 0 bridgehead atoms. The van der Waals surface area contributed by atoms with Gasteiger partial charge in [-0.2, -0.15) is 5.10 Å². The van der Waals surface area contributed by atoms with Crippen LogP contribution in [0.1, 0.15) is 35.1 Å². The lowest BCUT2D eigenvalue weighted by molar-refractivity contribution is 0.102.